The van der Waals surface area contributed by atoms with Gasteiger partial charge in [0, 0.05) is 55.0 Å². The molecule has 5 heterocycles. The van der Waals surface area contributed by atoms with Crippen molar-refractivity contribution in [2.75, 3.05) is 30.8 Å². The maximum absolute atomic E-state index is 12.1. The molecule has 0 bridgehead atoms. The number of carbonyl (C=O) groups excluding carboxylic acids is 1. The predicted octanol–water partition coefficient (Wildman–Crippen LogP) is 4.62. The molecule has 0 unspecified atom stereocenters. The van der Waals surface area contributed by atoms with Crippen LogP contribution in [0, 0.1) is 5.92 Å². The molecule has 2 aliphatic rings. The van der Waals surface area contributed by atoms with Crippen LogP contribution in [0.2, 0.25) is 0 Å². The Morgan fingerprint density at radius 2 is 1.87 bits per heavy atom. The van der Waals surface area contributed by atoms with Crippen LogP contribution in [0.15, 0.2) is 36.7 Å². The molecule has 1 aliphatic carbocycles. The molecule has 4 aromatic rings. The van der Waals surface area contributed by atoms with Gasteiger partial charge in [0.1, 0.15) is 17.3 Å². The number of aryl methyl sites for hydroxylation is 1. The molecular weight excluding hydrogens is 494 g/mol. The van der Waals surface area contributed by atoms with Crippen LogP contribution in [-0.4, -0.2) is 60.2 Å². The SMILES string of the molecule is CN1CC[C@H](n2nc(Nc3nc4ncc(Oc5ccnc(NC(=O)C6CC6)c5)cc4n3C)cc2C(C)(C)C)C1. The first-order valence-electron chi connectivity index (χ1n) is 13.5. The van der Waals surface area contributed by atoms with Gasteiger partial charge in [0.25, 0.3) is 0 Å². The molecule has 1 amide bonds. The number of hydrogen-bond donors (Lipinski definition) is 2. The summed E-state index contributed by atoms with van der Waals surface area (Å²) < 4.78 is 10.2. The van der Waals surface area contributed by atoms with Gasteiger partial charge in [0.15, 0.2) is 11.5 Å². The van der Waals surface area contributed by atoms with Crippen molar-refractivity contribution in [1.29, 1.82) is 0 Å². The summed E-state index contributed by atoms with van der Waals surface area (Å²) in [6.07, 6.45) is 6.22. The molecule has 6 rings (SSSR count). The van der Waals surface area contributed by atoms with Gasteiger partial charge in [-0.2, -0.15) is 10.1 Å². The highest BCUT2D eigenvalue weighted by atomic mass is 16.5. The van der Waals surface area contributed by atoms with E-state index in [-0.39, 0.29) is 17.2 Å². The van der Waals surface area contributed by atoms with E-state index < -0.39 is 0 Å². The van der Waals surface area contributed by atoms with Gasteiger partial charge in [-0.25, -0.2) is 9.97 Å². The smallest absolute Gasteiger partial charge is 0.228 e. The Balaban J connectivity index is 1.22. The Bertz CT molecular complexity index is 1530. The summed E-state index contributed by atoms with van der Waals surface area (Å²) in [5.41, 5.74) is 2.58. The van der Waals surface area contributed by atoms with Crippen LogP contribution < -0.4 is 15.4 Å². The molecule has 1 aliphatic heterocycles. The van der Waals surface area contributed by atoms with Crippen molar-refractivity contribution in [3.8, 4) is 11.5 Å². The molecule has 204 valence electrons. The number of hydrogen-bond acceptors (Lipinski definition) is 8. The van der Waals surface area contributed by atoms with E-state index in [4.69, 9.17) is 14.8 Å². The Labute approximate surface area is 227 Å². The average molecular weight is 530 g/mol. The Morgan fingerprint density at radius 3 is 2.59 bits per heavy atom. The first kappa shape index (κ1) is 25.3. The normalized spacial score (nSPS) is 18.0. The molecule has 11 heteroatoms. The molecule has 39 heavy (non-hydrogen) atoms. The zero-order valence-electron chi connectivity index (χ0n) is 23.1. The van der Waals surface area contributed by atoms with E-state index in [0.717, 1.165) is 43.7 Å². The standard InChI is InChI=1S/C28H35N9O2/c1-28(2,3)22-14-24(34-37(22)18-9-11-35(4)16-18)32-27-33-25-21(36(27)5)12-20(15-30-25)39-19-8-10-29-23(13-19)31-26(38)17-6-7-17/h8,10,12-15,17-18H,6-7,9,11,16H2,1-5H3,(H,29,31,38)(H,30,32,33,34)/t18-/m0/s1. The fourth-order valence-corrected chi connectivity index (χ4v) is 4.99. The quantitative estimate of drug-likeness (QED) is 0.356. The molecule has 0 aromatic carbocycles. The number of anilines is 3. The maximum Gasteiger partial charge on any atom is 0.228 e. The minimum Gasteiger partial charge on any atom is -0.455 e. The third-order valence-corrected chi connectivity index (χ3v) is 7.34. The second-order valence-corrected chi connectivity index (χ2v) is 11.7. The van der Waals surface area contributed by atoms with Crippen molar-refractivity contribution >= 4 is 34.7 Å². The number of amides is 1. The van der Waals surface area contributed by atoms with Gasteiger partial charge in [-0.15, -0.1) is 0 Å². The summed E-state index contributed by atoms with van der Waals surface area (Å²) >= 11 is 0. The molecule has 0 spiro atoms. The molecule has 0 radical (unpaired) electrons. The number of carbonyl (C=O) groups is 1. The third-order valence-electron chi connectivity index (χ3n) is 7.34. The van der Waals surface area contributed by atoms with Crippen molar-refractivity contribution in [3.05, 3.63) is 42.4 Å². The van der Waals surface area contributed by atoms with E-state index in [1.807, 2.05) is 17.7 Å². The van der Waals surface area contributed by atoms with Crippen LogP contribution in [0.4, 0.5) is 17.6 Å². The zero-order valence-corrected chi connectivity index (χ0v) is 23.1. The number of nitrogens with zero attached hydrogens (tertiary/aromatic N) is 7. The van der Waals surface area contributed by atoms with Gasteiger partial charge >= 0.3 is 0 Å². The van der Waals surface area contributed by atoms with Crippen LogP contribution >= 0.6 is 0 Å². The highest BCUT2D eigenvalue weighted by Gasteiger charge is 2.30. The van der Waals surface area contributed by atoms with Crippen LogP contribution in [0.25, 0.3) is 11.2 Å². The van der Waals surface area contributed by atoms with Crippen LogP contribution in [-0.2, 0) is 17.3 Å². The van der Waals surface area contributed by atoms with Crippen LogP contribution in [0.1, 0.15) is 51.8 Å². The fraction of sp³-hybridized carbons (Fsp3) is 0.464. The molecule has 2 N–H and O–H groups in total. The van der Waals surface area contributed by atoms with Crippen molar-refractivity contribution in [2.45, 2.75) is 51.5 Å². The van der Waals surface area contributed by atoms with Gasteiger partial charge in [0.05, 0.1) is 17.8 Å². The lowest BCUT2D eigenvalue weighted by Crippen LogP contribution is -2.24. The van der Waals surface area contributed by atoms with E-state index in [1.165, 1.54) is 5.69 Å². The lowest BCUT2D eigenvalue weighted by atomic mass is 9.91. The molecular formula is C28H35N9O2. The van der Waals surface area contributed by atoms with Gasteiger partial charge in [-0.3, -0.25) is 9.48 Å². The van der Waals surface area contributed by atoms with Gasteiger partial charge in [-0.1, -0.05) is 20.8 Å². The first-order chi connectivity index (χ1) is 18.6. The van der Waals surface area contributed by atoms with Gasteiger partial charge in [0.2, 0.25) is 11.9 Å². The lowest BCUT2D eigenvalue weighted by Gasteiger charge is -2.23. The number of nitrogens with one attached hydrogen (secondary N) is 2. The van der Waals surface area contributed by atoms with Gasteiger partial charge in [-0.05, 0) is 38.9 Å². The molecule has 11 nitrogen and oxygen atoms in total. The summed E-state index contributed by atoms with van der Waals surface area (Å²) in [5.74, 6) is 3.13. The Kier molecular flexibility index (Phi) is 6.25. The molecule has 1 saturated heterocycles. The van der Waals surface area contributed by atoms with E-state index in [2.05, 4.69) is 64.1 Å². The number of fused-ring (bicyclic) bond motifs is 1. The number of likely N-dealkylation sites (tertiary alicyclic amines) is 1. The van der Waals surface area contributed by atoms with Crippen LogP contribution in [0.5, 0.6) is 11.5 Å². The van der Waals surface area contributed by atoms with Crippen molar-refractivity contribution < 1.29 is 9.53 Å². The predicted molar refractivity (Wildman–Crippen MR) is 150 cm³/mol. The van der Waals surface area contributed by atoms with E-state index in [1.54, 1.807) is 24.5 Å². The fourth-order valence-electron chi connectivity index (χ4n) is 4.99. The number of likely N-dealkylation sites (N-methyl/N-ethyl adjacent to an activating group) is 1. The topological polar surface area (TPSA) is 115 Å². The van der Waals surface area contributed by atoms with Crippen molar-refractivity contribution in [1.82, 2.24) is 34.2 Å². The molecule has 1 saturated carbocycles. The zero-order chi connectivity index (χ0) is 27.3. The summed E-state index contributed by atoms with van der Waals surface area (Å²) in [6.45, 7) is 8.73. The molecule has 2 fully saturated rings. The van der Waals surface area contributed by atoms with E-state index >= 15 is 0 Å². The minimum atomic E-state index is -0.0399. The summed E-state index contributed by atoms with van der Waals surface area (Å²) in [5, 5.41) is 11.2. The Morgan fingerprint density at radius 1 is 1.05 bits per heavy atom. The number of ether oxygens (including phenoxy) is 1. The average Bonchev–Trinajstić information content (AvgIpc) is 3.40. The van der Waals surface area contributed by atoms with E-state index in [9.17, 15) is 4.79 Å². The number of rotatable bonds is 7. The molecule has 4 aromatic heterocycles. The van der Waals surface area contributed by atoms with Crippen molar-refractivity contribution in [2.24, 2.45) is 13.0 Å². The second kappa shape index (κ2) is 9.64. The number of imidazole rings is 1. The summed E-state index contributed by atoms with van der Waals surface area (Å²) in [6, 6.07) is 7.85. The lowest BCUT2D eigenvalue weighted by molar-refractivity contribution is -0.117. The van der Waals surface area contributed by atoms with Crippen molar-refractivity contribution in [3.63, 3.8) is 0 Å². The summed E-state index contributed by atoms with van der Waals surface area (Å²) in [4.78, 5) is 27.9. The molecule has 1 atom stereocenters. The minimum absolute atomic E-state index is 0.00711. The number of aromatic nitrogens is 6. The number of pyridine rings is 2. The summed E-state index contributed by atoms with van der Waals surface area (Å²) in [7, 11) is 4.10. The first-order valence-corrected chi connectivity index (χ1v) is 13.5. The highest BCUT2D eigenvalue weighted by Crippen LogP contribution is 2.33. The largest absolute Gasteiger partial charge is 0.455 e. The third kappa shape index (κ3) is 5.31. The monoisotopic (exact) mass is 529 g/mol. The van der Waals surface area contributed by atoms with E-state index in [0.29, 0.717) is 35.0 Å². The van der Waals surface area contributed by atoms with Gasteiger partial charge < -0.3 is 24.8 Å². The van der Waals surface area contributed by atoms with Crippen LogP contribution in [0.3, 0.4) is 0 Å². The highest BCUT2D eigenvalue weighted by molar-refractivity contribution is 5.93. The Hall–Kier alpha value is -3.99. The second-order valence-electron chi connectivity index (χ2n) is 11.7. The maximum atomic E-state index is 12.1.